The summed E-state index contributed by atoms with van der Waals surface area (Å²) in [4.78, 5) is 14.6. The molecule has 1 aliphatic rings. The van der Waals surface area contributed by atoms with Crippen LogP contribution in [0.3, 0.4) is 0 Å². The average Bonchev–Trinajstić information content (AvgIpc) is 3.04. The summed E-state index contributed by atoms with van der Waals surface area (Å²) in [6.07, 6.45) is 2.39. The molecule has 0 bridgehead atoms. The molecule has 1 aliphatic heterocycles. The topological polar surface area (TPSA) is 32.3 Å². The predicted molar refractivity (Wildman–Crippen MR) is 97.0 cm³/mol. The molecule has 3 rings (SSSR count). The summed E-state index contributed by atoms with van der Waals surface area (Å²) in [5.74, 6) is -0.197. The van der Waals surface area contributed by atoms with E-state index in [2.05, 4.69) is 10.2 Å². The normalized spacial score (nSPS) is 14.1. The third-order valence-corrected chi connectivity index (χ3v) is 4.80. The summed E-state index contributed by atoms with van der Waals surface area (Å²) in [6.45, 7) is 3.97. The molecular weight excluding hydrogens is 331 g/mol. The van der Waals surface area contributed by atoms with Gasteiger partial charge in [0, 0.05) is 29.4 Å². The fourth-order valence-corrected chi connectivity index (χ4v) is 3.22. The quantitative estimate of drug-likeness (QED) is 0.831. The zero-order chi connectivity index (χ0) is 16.4. The third-order valence-electron chi connectivity index (χ3n) is 4.09. The Morgan fingerprint density at radius 2 is 1.78 bits per heavy atom. The number of benzene rings is 2. The van der Waals surface area contributed by atoms with Crippen LogP contribution < -0.4 is 10.2 Å². The number of hydrogen-bond donors (Lipinski definition) is 1. The molecule has 1 N–H and O–H groups in total. The Morgan fingerprint density at radius 3 is 2.43 bits per heavy atom. The van der Waals surface area contributed by atoms with Gasteiger partial charge >= 0.3 is 0 Å². The van der Waals surface area contributed by atoms with Crippen molar-refractivity contribution < 1.29 is 4.79 Å². The lowest BCUT2D eigenvalue weighted by Gasteiger charge is -2.19. The lowest BCUT2D eigenvalue weighted by Crippen LogP contribution is -2.18. The first-order valence-electron chi connectivity index (χ1n) is 7.66. The largest absolute Gasteiger partial charge is 0.370 e. The number of rotatable bonds is 3. The molecule has 1 heterocycles. The first-order chi connectivity index (χ1) is 11.0. The van der Waals surface area contributed by atoms with Gasteiger partial charge < -0.3 is 10.2 Å². The van der Waals surface area contributed by atoms with E-state index in [9.17, 15) is 4.79 Å². The summed E-state index contributed by atoms with van der Waals surface area (Å²) < 4.78 is 0. The molecule has 0 unspecified atom stereocenters. The van der Waals surface area contributed by atoms with Crippen molar-refractivity contribution in [2.24, 2.45) is 0 Å². The number of hydrogen-bond acceptors (Lipinski definition) is 2. The van der Waals surface area contributed by atoms with Crippen molar-refractivity contribution in [3.63, 3.8) is 0 Å². The number of halogens is 2. The molecular formula is C18H18Cl2N2O. The van der Waals surface area contributed by atoms with Gasteiger partial charge in [-0.3, -0.25) is 4.79 Å². The minimum atomic E-state index is -0.197. The molecule has 5 heteroatoms. The van der Waals surface area contributed by atoms with Crippen molar-refractivity contribution in [1.29, 1.82) is 0 Å². The zero-order valence-corrected chi connectivity index (χ0v) is 14.4. The van der Waals surface area contributed by atoms with Crippen LogP contribution >= 0.6 is 23.2 Å². The van der Waals surface area contributed by atoms with E-state index >= 15 is 0 Å². The van der Waals surface area contributed by atoms with Crippen LogP contribution in [0.5, 0.6) is 0 Å². The molecule has 2 aromatic carbocycles. The standard InChI is InChI=1S/C18H18Cl2N2O/c1-12-4-5-13(10-15(12)19)18(23)21-14-6-7-17(16(20)11-14)22-8-2-3-9-22/h4-7,10-11H,2-3,8-9H2,1H3,(H,21,23). The Hall–Kier alpha value is -1.71. The van der Waals surface area contributed by atoms with Gasteiger partial charge in [-0.05, 0) is 55.7 Å². The van der Waals surface area contributed by atoms with Crippen LogP contribution in [-0.4, -0.2) is 19.0 Å². The van der Waals surface area contributed by atoms with Crippen LogP contribution in [0.15, 0.2) is 36.4 Å². The molecule has 0 atom stereocenters. The van der Waals surface area contributed by atoms with Crippen molar-refractivity contribution in [3.8, 4) is 0 Å². The van der Waals surface area contributed by atoms with E-state index < -0.39 is 0 Å². The summed E-state index contributed by atoms with van der Waals surface area (Å²) >= 11 is 12.4. The maximum atomic E-state index is 12.3. The van der Waals surface area contributed by atoms with E-state index in [0.29, 0.717) is 21.3 Å². The first-order valence-corrected chi connectivity index (χ1v) is 8.42. The summed E-state index contributed by atoms with van der Waals surface area (Å²) in [6, 6.07) is 10.9. The maximum Gasteiger partial charge on any atom is 0.255 e. The predicted octanol–water partition coefficient (Wildman–Crippen LogP) is 5.15. The van der Waals surface area contributed by atoms with Crippen molar-refractivity contribution in [2.75, 3.05) is 23.3 Å². The number of carbonyl (C=O) groups excluding carboxylic acids is 1. The highest BCUT2D eigenvalue weighted by molar-refractivity contribution is 6.33. The second-order valence-corrected chi connectivity index (χ2v) is 6.59. The SMILES string of the molecule is Cc1ccc(C(=O)Nc2ccc(N3CCCC3)c(Cl)c2)cc1Cl. The number of anilines is 2. The number of nitrogens with one attached hydrogen (secondary N) is 1. The Morgan fingerprint density at radius 1 is 1.04 bits per heavy atom. The van der Waals surface area contributed by atoms with Crippen molar-refractivity contribution >= 4 is 40.5 Å². The second-order valence-electron chi connectivity index (χ2n) is 5.78. The monoisotopic (exact) mass is 348 g/mol. The number of carbonyl (C=O) groups is 1. The van der Waals surface area contributed by atoms with Gasteiger partial charge in [-0.2, -0.15) is 0 Å². The molecule has 0 spiro atoms. The molecule has 23 heavy (non-hydrogen) atoms. The van der Waals surface area contributed by atoms with E-state index in [1.54, 1.807) is 18.2 Å². The van der Waals surface area contributed by atoms with Crippen molar-refractivity contribution in [2.45, 2.75) is 19.8 Å². The zero-order valence-electron chi connectivity index (χ0n) is 12.9. The highest BCUT2D eigenvalue weighted by Crippen LogP contribution is 2.31. The van der Waals surface area contributed by atoms with Gasteiger partial charge in [0.1, 0.15) is 0 Å². The van der Waals surface area contributed by atoms with Crippen LogP contribution in [0.2, 0.25) is 10.0 Å². The number of amides is 1. The molecule has 2 aromatic rings. The third kappa shape index (κ3) is 3.62. The molecule has 120 valence electrons. The van der Waals surface area contributed by atoms with Gasteiger partial charge in [-0.1, -0.05) is 29.3 Å². The molecule has 3 nitrogen and oxygen atoms in total. The van der Waals surface area contributed by atoms with E-state index in [1.165, 1.54) is 12.8 Å². The Kier molecular flexibility index (Phi) is 4.79. The highest BCUT2D eigenvalue weighted by atomic mass is 35.5. The van der Waals surface area contributed by atoms with E-state index in [-0.39, 0.29) is 5.91 Å². The molecule has 0 radical (unpaired) electrons. The minimum absolute atomic E-state index is 0.197. The Balaban J connectivity index is 1.75. The van der Waals surface area contributed by atoms with Gasteiger partial charge in [0.05, 0.1) is 10.7 Å². The summed E-state index contributed by atoms with van der Waals surface area (Å²) in [5.41, 5.74) is 3.18. The van der Waals surface area contributed by atoms with Crippen molar-refractivity contribution in [1.82, 2.24) is 0 Å². The molecule has 1 fully saturated rings. The highest BCUT2D eigenvalue weighted by Gasteiger charge is 2.16. The van der Waals surface area contributed by atoms with Gasteiger partial charge in [0.25, 0.3) is 5.91 Å². The van der Waals surface area contributed by atoms with Crippen molar-refractivity contribution in [3.05, 3.63) is 57.6 Å². The summed E-state index contributed by atoms with van der Waals surface area (Å²) in [7, 11) is 0. The van der Waals surface area contributed by atoms with Gasteiger partial charge in [-0.15, -0.1) is 0 Å². The average molecular weight is 349 g/mol. The fourth-order valence-electron chi connectivity index (χ4n) is 2.74. The van der Waals surface area contributed by atoms with E-state index in [0.717, 1.165) is 24.3 Å². The van der Waals surface area contributed by atoms with Gasteiger partial charge in [-0.25, -0.2) is 0 Å². The molecule has 1 saturated heterocycles. The molecule has 1 amide bonds. The van der Waals surface area contributed by atoms with Crippen LogP contribution in [-0.2, 0) is 0 Å². The first kappa shape index (κ1) is 16.2. The number of aryl methyl sites for hydroxylation is 1. The fraction of sp³-hybridized carbons (Fsp3) is 0.278. The van der Waals surface area contributed by atoms with E-state index in [4.69, 9.17) is 23.2 Å². The van der Waals surface area contributed by atoms with Crippen LogP contribution in [0.4, 0.5) is 11.4 Å². The minimum Gasteiger partial charge on any atom is -0.370 e. The molecule has 0 saturated carbocycles. The van der Waals surface area contributed by atoms with Gasteiger partial charge in [0.2, 0.25) is 0 Å². The van der Waals surface area contributed by atoms with Gasteiger partial charge in [0.15, 0.2) is 0 Å². The molecule has 0 aromatic heterocycles. The lowest BCUT2D eigenvalue weighted by atomic mass is 10.1. The Bertz CT molecular complexity index is 740. The van der Waals surface area contributed by atoms with Crippen LogP contribution in [0.1, 0.15) is 28.8 Å². The number of nitrogens with zero attached hydrogens (tertiary/aromatic N) is 1. The summed E-state index contributed by atoms with van der Waals surface area (Å²) in [5, 5.41) is 4.11. The Labute approximate surface area is 146 Å². The van der Waals surface area contributed by atoms with Crippen LogP contribution in [0.25, 0.3) is 0 Å². The maximum absolute atomic E-state index is 12.3. The van der Waals surface area contributed by atoms with E-state index in [1.807, 2.05) is 25.1 Å². The second kappa shape index (κ2) is 6.81. The lowest BCUT2D eigenvalue weighted by molar-refractivity contribution is 0.102. The van der Waals surface area contributed by atoms with Crippen LogP contribution in [0, 0.1) is 6.92 Å². The molecule has 0 aliphatic carbocycles. The smallest absolute Gasteiger partial charge is 0.255 e.